The lowest BCUT2D eigenvalue weighted by Crippen LogP contribution is -2.08. The van der Waals surface area contributed by atoms with Crippen molar-refractivity contribution < 1.29 is 29.3 Å². The van der Waals surface area contributed by atoms with E-state index in [0.717, 1.165) is 0 Å². The van der Waals surface area contributed by atoms with Gasteiger partial charge in [0.15, 0.2) is 0 Å². The van der Waals surface area contributed by atoms with Crippen LogP contribution in [0.3, 0.4) is 0 Å². The lowest BCUT2D eigenvalue weighted by Gasteiger charge is -1.97. The van der Waals surface area contributed by atoms with Gasteiger partial charge in [0.05, 0.1) is 0 Å². The van der Waals surface area contributed by atoms with Crippen LogP contribution < -0.4 is 9.47 Å². The molecule has 0 saturated carbocycles. The Kier molecular flexibility index (Phi) is 2.56. The molecule has 3 N–H and O–H groups in total. The Hall–Kier alpha value is -2.25. The van der Waals surface area contributed by atoms with Crippen molar-refractivity contribution in [3.05, 3.63) is 5.82 Å². The van der Waals surface area contributed by atoms with Gasteiger partial charge in [0.2, 0.25) is 0 Å². The number of carboxylic acid groups (broad SMARTS) is 2. The van der Waals surface area contributed by atoms with Crippen molar-refractivity contribution in [3.8, 4) is 11.8 Å². The van der Waals surface area contributed by atoms with Crippen LogP contribution in [0.1, 0.15) is 5.82 Å². The third-order valence-electron chi connectivity index (χ3n) is 1.13. The largest absolute Gasteiger partial charge is 0.512 e. The lowest BCUT2D eigenvalue weighted by atomic mass is 10.8. The number of carbonyl (C=O) groups is 2. The number of H-pyrrole nitrogens is 1. The first-order valence-electron chi connectivity index (χ1n) is 3.37. The summed E-state index contributed by atoms with van der Waals surface area (Å²) >= 11 is 0. The molecule has 1 aromatic rings. The second-order valence-corrected chi connectivity index (χ2v) is 2.19. The first-order chi connectivity index (χ1) is 6.49. The molecule has 0 aliphatic carbocycles. The summed E-state index contributed by atoms with van der Waals surface area (Å²) in [6.45, 7) is 1.49. The first-order valence-corrected chi connectivity index (χ1v) is 3.37. The standard InChI is InChI=1S/C6H6N2O6/c1-2-7-3(13-5(9)10)4(8-2)14-6(11)12/h1H3,(H,7,8)(H,9,10)(H,11,12). The summed E-state index contributed by atoms with van der Waals surface area (Å²) in [5.74, 6) is -0.521. The van der Waals surface area contributed by atoms with Gasteiger partial charge < -0.3 is 24.7 Å². The topological polar surface area (TPSA) is 122 Å². The molecule has 0 spiro atoms. The minimum atomic E-state index is -1.60. The highest BCUT2D eigenvalue weighted by molar-refractivity contribution is 5.64. The van der Waals surface area contributed by atoms with Crippen LogP contribution in [-0.2, 0) is 0 Å². The van der Waals surface area contributed by atoms with E-state index in [1.807, 2.05) is 0 Å². The van der Waals surface area contributed by atoms with E-state index >= 15 is 0 Å². The molecule has 0 fully saturated rings. The summed E-state index contributed by atoms with van der Waals surface area (Å²) in [6, 6.07) is 0. The van der Waals surface area contributed by atoms with E-state index in [4.69, 9.17) is 10.2 Å². The molecule has 1 heterocycles. The lowest BCUT2D eigenvalue weighted by molar-refractivity contribution is 0.130. The molecule has 0 bridgehead atoms. The number of aromatic nitrogens is 2. The fourth-order valence-corrected chi connectivity index (χ4v) is 0.757. The van der Waals surface area contributed by atoms with Crippen LogP contribution in [0.4, 0.5) is 9.59 Å². The van der Waals surface area contributed by atoms with E-state index in [9.17, 15) is 9.59 Å². The molecule has 0 atom stereocenters. The van der Waals surface area contributed by atoms with Gasteiger partial charge >= 0.3 is 12.3 Å². The van der Waals surface area contributed by atoms with Crippen LogP contribution in [-0.4, -0.2) is 32.5 Å². The predicted octanol–water partition coefficient (Wildman–Crippen LogP) is 0.832. The minimum absolute atomic E-state index is 0.275. The Balaban J connectivity index is 2.90. The van der Waals surface area contributed by atoms with Crippen LogP contribution in [0, 0.1) is 6.92 Å². The molecule has 8 nitrogen and oxygen atoms in total. The normalized spacial score (nSPS) is 9.50. The first kappa shape index (κ1) is 9.84. The van der Waals surface area contributed by atoms with Gasteiger partial charge in [0, 0.05) is 0 Å². The number of imidazole rings is 1. The Morgan fingerprint density at radius 1 is 1.29 bits per heavy atom. The second-order valence-electron chi connectivity index (χ2n) is 2.19. The zero-order valence-corrected chi connectivity index (χ0v) is 6.97. The maximum absolute atomic E-state index is 10.1. The number of ether oxygens (including phenoxy) is 2. The molecule has 8 heteroatoms. The van der Waals surface area contributed by atoms with Gasteiger partial charge in [-0.25, -0.2) is 9.59 Å². The molecule has 0 radical (unpaired) electrons. The summed E-state index contributed by atoms with van der Waals surface area (Å²) < 4.78 is 8.33. The molecular weight excluding hydrogens is 196 g/mol. The molecule has 0 amide bonds. The minimum Gasteiger partial charge on any atom is -0.449 e. The smallest absolute Gasteiger partial charge is 0.449 e. The van der Waals surface area contributed by atoms with Crippen molar-refractivity contribution in [2.45, 2.75) is 6.92 Å². The number of aryl methyl sites for hydroxylation is 1. The molecule has 14 heavy (non-hydrogen) atoms. The maximum atomic E-state index is 10.1. The molecule has 1 aromatic heterocycles. The van der Waals surface area contributed by atoms with Crippen LogP contribution in [0.5, 0.6) is 11.8 Å². The predicted molar refractivity (Wildman–Crippen MR) is 40.6 cm³/mol. The Morgan fingerprint density at radius 2 is 1.86 bits per heavy atom. The average molecular weight is 202 g/mol. The number of hydrogen-bond acceptors (Lipinski definition) is 5. The molecule has 0 unspecified atom stereocenters. The summed E-state index contributed by atoms with van der Waals surface area (Å²) in [5.41, 5.74) is 0. The van der Waals surface area contributed by atoms with E-state index in [0.29, 0.717) is 0 Å². The Bertz CT molecular complexity index is 337. The van der Waals surface area contributed by atoms with Crippen LogP contribution >= 0.6 is 0 Å². The average Bonchev–Trinajstić information content (AvgIpc) is 2.28. The summed E-state index contributed by atoms with van der Waals surface area (Å²) in [4.78, 5) is 26.2. The number of rotatable bonds is 2. The Labute approximate surface area is 77.1 Å². The maximum Gasteiger partial charge on any atom is 0.512 e. The van der Waals surface area contributed by atoms with Crippen LogP contribution in [0.25, 0.3) is 0 Å². The third kappa shape index (κ3) is 2.37. The van der Waals surface area contributed by atoms with E-state index < -0.39 is 18.2 Å². The number of aromatic amines is 1. The zero-order chi connectivity index (χ0) is 10.7. The third-order valence-corrected chi connectivity index (χ3v) is 1.13. The van der Waals surface area contributed by atoms with Gasteiger partial charge in [-0.3, -0.25) is 0 Å². The highest BCUT2D eigenvalue weighted by atomic mass is 16.7. The van der Waals surface area contributed by atoms with Gasteiger partial charge in [-0.05, 0) is 6.92 Å². The monoisotopic (exact) mass is 202 g/mol. The number of hydrogen-bond donors (Lipinski definition) is 3. The number of nitrogens with one attached hydrogen (secondary N) is 1. The fourth-order valence-electron chi connectivity index (χ4n) is 0.757. The molecule has 0 saturated heterocycles. The molecular formula is C6H6N2O6. The molecule has 0 aromatic carbocycles. The van der Waals surface area contributed by atoms with Crippen LogP contribution in [0.2, 0.25) is 0 Å². The fraction of sp³-hybridized carbons (Fsp3) is 0.167. The zero-order valence-electron chi connectivity index (χ0n) is 6.97. The highest BCUT2D eigenvalue weighted by Crippen LogP contribution is 2.23. The quantitative estimate of drug-likeness (QED) is 0.607. The second kappa shape index (κ2) is 3.64. The van der Waals surface area contributed by atoms with E-state index in [1.165, 1.54) is 6.92 Å². The Morgan fingerprint density at radius 3 is 2.36 bits per heavy atom. The van der Waals surface area contributed by atoms with Gasteiger partial charge in [0.1, 0.15) is 5.82 Å². The summed E-state index contributed by atoms with van der Waals surface area (Å²) in [6.07, 6.45) is -3.20. The molecule has 76 valence electrons. The molecule has 0 aliphatic heterocycles. The summed E-state index contributed by atoms with van der Waals surface area (Å²) in [7, 11) is 0. The van der Waals surface area contributed by atoms with Crippen molar-refractivity contribution in [1.29, 1.82) is 0 Å². The van der Waals surface area contributed by atoms with Crippen molar-refractivity contribution >= 4 is 12.3 Å². The van der Waals surface area contributed by atoms with E-state index in [2.05, 4.69) is 19.4 Å². The van der Waals surface area contributed by atoms with E-state index in [-0.39, 0.29) is 11.7 Å². The van der Waals surface area contributed by atoms with Gasteiger partial charge in [-0.15, -0.1) is 0 Å². The molecule has 0 aliphatic rings. The number of nitrogens with zero attached hydrogens (tertiary/aromatic N) is 1. The van der Waals surface area contributed by atoms with Gasteiger partial charge in [-0.1, -0.05) is 0 Å². The summed E-state index contributed by atoms with van der Waals surface area (Å²) in [5, 5.41) is 16.5. The van der Waals surface area contributed by atoms with E-state index in [1.54, 1.807) is 0 Å². The van der Waals surface area contributed by atoms with Crippen molar-refractivity contribution in [2.75, 3.05) is 0 Å². The SMILES string of the molecule is Cc1nc(OC(=O)O)c(OC(=O)O)[nH]1. The highest BCUT2D eigenvalue weighted by Gasteiger charge is 2.16. The molecule has 1 rings (SSSR count). The van der Waals surface area contributed by atoms with Crippen LogP contribution in [0.15, 0.2) is 0 Å². The van der Waals surface area contributed by atoms with Gasteiger partial charge in [0.25, 0.3) is 11.8 Å². The van der Waals surface area contributed by atoms with Crippen molar-refractivity contribution in [1.82, 2.24) is 9.97 Å². The van der Waals surface area contributed by atoms with Crippen molar-refractivity contribution in [3.63, 3.8) is 0 Å². The van der Waals surface area contributed by atoms with Crippen molar-refractivity contribution in [2.24, 2.45) is 0 Å². The van der Waals surface area contributed by atoms with Gasteiger partial charge in [-0.2, -0.15) is 4.98 Å².